The van der Waals surface area contributed by atoms with E-state index in [9.17, 15) is 5.11 Å². The van der Waals surface area contributed by atoms with Crippen molar-refractivity contribution >= 4 is 46.2 Å². The van der Waals surface area contributed by atoms with Crippen molar-refractivity contribution in [2.45, 2.75) is 6.10 Å². The third kappa shape index (κ3) is 4.79. The molecule has 25 heavy (non-hydrogen) atoms. The molecular weight excluding hydrogens is 379 g/mol. The van der Waals surface area contributed by atoms with E-state index in [0.29, 0.717) is 10.3 Å². The Kier molecular flexibility index (Phi) is 6.06. The number of nitrogens with two attached hydrogens (primary N) is 1. The van der Waals surface area contributed by atoms with Crippen molar-refractivity contribution in [3.8, 4) is 0 Å². The van der Waals surface area contributed by atoms with Gasteiger partial charge in [-0.2, -0.15) is 0 Å². The van der Waals surface area contributed by atoms with Crippen molar-refractivity contribution in [1.82, 2.24) is 4.90 Å². The normalized spacial score (nSPS) is 17.0. The maximum absolute atomic E-state index is 10.1. The Bertz CT molecular complexity index is 727. The first kappa shape index (κ1) is 18.3. The van der Waals surface area contributed by atoms with Crippen molar-refractivity contribution in [1.29, 1.82) is 0 Å². The number of nitrogens with zero attached hydrogens (tertiary/aromatic N) is 3. The molecule has 0 bridgehead atoms. The number of thiophene rings is 1. The fraction of sp³-hybridized carbons (Fsp3) is 0.353. The summed E-state index contributed by atoms with van der Waals surface area (Å²) in [5.41, 5.74) is 7.25. The van der Waals surface area contributed by atoms with Crippen LogP contribution in [-0.4, -0.2) is 48.7 Å². The monoisotopic (exact) mass is 398 g/mol. The number of aliphatic hydroxyl groups is 1. The van der Waals surface area contributed by atoms with Gasteiger partial charge in [0.05, 0.1) is 10.9 Å². The van der Waals surface area contributed by atoms with E-state index in [1.807, 2.05) is 35.2 Å². The summed E-state index contributed by atoms with van der Waals surface area (Å²) in [5.74, 6) is 0.470. The predicted molar refractivity (Wildman–Crippen MR) is 106 cm³/mol. The quantitative estimate of drug-likeness (QED) is 0.612. The molecule has 1 aliphatic heterocycles. The number of aliphatic hydroxyl groups excluding tert-OH is 1. The molecule has 1 saturated heterocycles. The van der Waals surface area contributed by atoms with E-state index >= 15 is 0 Å². The average molecular weight is 399 g/mol. The summed E-state index contributed by atoms with van der Waals surface area (Å²) in [6, 6.07) is 11.4. The largest absolute Gasteiger partial charge is 0.386 e. The molecule has 1 aromatic carbocycles. The number of rotatable bonds is 4. The minimum Gasteiger partial charge on any atom is -0.386 e. The maximum Gasteiger partial charge on any atom is 0.191 e. The van der Waals surface area contributed by atoms with Crippen LogP contribution in [0.2, 0.25) is 9.36 Å². The molecule has 2 aromatic rings. The first-order chi connectivity index (χ1) is 12.0. The Hall–Kier alpha value is -1.47. The minimum atomic E-state index is -0.675. The second kappa shape index (κ2) is 8.27. The van der Waals surface area contributed by atoms with Crippen molar-refractivity contribution in [2.75, 3.05) is 37.6 Å². The Morgan fingerprint density at radius 2 is 1.80 bits per heavy atom. The number of piperazine rings is 1. The third-order valence-electron chi connectivity index (χ3n) is 4.14. The van der Waals surface area contributed by atoms with Gasteiger partial charge >= 0.3 is 0 Å². The van der Waals surface area contributed by atoms with E-state index in [0.717, 1.165) is 41.8 Å². The van der Waals surface area contributed by atoms with Crippen molar-refractivity contribution in [3.05, 3.63) is 50.6 Å². The van der Waals surface area contributed by atoms with Gasteiger partial charge in [0.2, 0.25) is 0 Å². The van der Waals surface area contributed by atoms with Gasteiger partial charge in [-0.1, -0.05) is 23.2 Å². The zero-order chi connectivity index (χ0) is 17.8. The standard InChI is InChI=1S/C17H20Cl2N4OS/c18-12-1-3-13(4-2-12)22-7-9-23(10-8-22)17(20)21-11-14(24)15-5-6-16(19)25-15/h1-6,14,24H,7-11H2,(H2,20,21). The van der Waals surface area contributed by atoms with Gasteiger partial charge < -0.3 is 20.6 Å². The summed E-state index contributed by atoms with van der Waals surface area (Å²) in [5, 5.41) is 10.9. The Labute approximate surface area is 161 Å². The van der Waals surface area contributed by atoms with Crippen LogP contribution in [0.15, 0.2) is 41.4 Å². The lowest BCUT2D eigenvalue weighted by atomic mass is 10.2. The molecule has 134 valence electrons. The van der Waals surface area contributed by atoms with Gasteiger partial charge in [-0.25, -0.2) is 0 Å². The molecule has 1 atom stereocenters. The number of guanidine groups is 1. The van der Waals surface area contributed by atoms with Gasteiger partial charge in [-0.15, -0.1) is 11.3 Å². The van der Waals surface area contributed by atoms with Crippen molar-refractivity contribution in [3.63, 3.8) is 0 Å². The third-order valence-corrected chi connectivity index (χ3v) is 5.73. The van der Waals surface area contributed by atoms with Crippen LogP contribution in [0.5, 0.6) is 0 Å². The average Bonchev–Trinajstić information content (AvgIpc) is 3.07. The number of hydrogen-bond acceptors (Lipinski definition) is 4. The Morgan fingerprint density at radius 1 is 1.12 bits per heavy atom. The highest BCUT2D eigenvalue weighted by Gasteiger charge is 2.19. The van der Waals surface area contributed by atoms with Gasteiger partial charge in [0.15, 0.2) is 5.96 Å². The molecule has 5 nitrogen and oxygen atoms in total. The van der Waals surface area contributed by atoms with Crippen LogP contribution in [0, 0.1) is 0 Å². The highest BCUT2D eigenvalue weighted by molar-refractivity contribution is 7.16. The highest BCUT2D eigenvalue weighted by atomic mass is 35.5. The van der Waals surface area contributed by atoms with Gasteiger partial charge in [-0.3, -0.25) is 4.99 Å². The number of anilines is 1. The van der Waals surface area contributed by atoms with Crippen LogP contribution < -0.4 is 10.6 Å². The molecule has 0 saturated carbocycles. The lowest BCUT2D eigenvalue weighted by Crippen LogP contribution is -2.51. The summed E-state index contributed by atoms with van der Waals surface area (Å²) in [4.78, 5) is 9.48. The molecule has 0 radical (unpaired) electrons. The molecule has 1 unspecified atom stereocenters. The van der Waals surface area contributed by atoms with E-state index in [-0.39, 0.29) is 6.54 Å². The summed E-state index contributed by atoms with van der Waals surface area (Å²) < 4.78 is 0.657. The second-order valence-electron chi connectivity index (χ2n) is 5.81. The van der Waals surface area contributed by atoms with Gasteiger partial charge in [-0.05, 0) is 36.4 Å². The summed E-state index contributed by atoms with van der Waals surface area (Å²) in [6.07, 6.45) is -0.675. The van der Waals surface area contributed by atoms with E-state index in [1.54, 1.807) is 6.07 Å². The number of aliphatic imine (C=N–C) groups is 1. The molecule has 3 N–H and O–H groups in total. The van der Waals surface area contributed by atoms with Crippen LogP contribution >= 0.6 is 34.5 Å². The molecule has 8 heteroatoms. The molecule has 0 aliphatic carbocycles. The van der Waals surface area contributed by atoms with E-state index in [2.05, 4.69) is 9.89 Å². The molecule has 3 rings (SSSR count). The van der Waals surface area contributed by atoms with Gasteiger partial charge in [0.1, 0.15) is 6.10 Å². The maximum atomic E-state index is 10.1. The lowest BCUT2D eigenvalue weighted by Gasteiger charge is -2.36. The minimum absolute atomic E-state index is 0.236. The van der Waals surface area contributed by atoms with Crippen molar-refractivity contribution < 1.29 is 5.11 Å². The fourth-order valence-corrected chi connectivity index (χ4v) is 3.89. The Balaban J connectivity index is 1.52. The summed E-state index contributed by atoms with van der Waals surface area (Å²) in [6.45, 7) is 3.54. The predicted octanol–water partition coefficient (Wildman–Crippen LogP) is 3.23. The van der Waals surface area contributed by atoms with E-state index in [1.165, 1.54) is 11.3 Å². The summed E-state index contributed by atoms with van der Waals surface area (Å²) in [7, 11) is 0. The van der Waals surface area contributed by atoms with E-state index in [4.69, 9.17) is 28.9 Å². The molecule has 1 aromatic heterocycles. The van der Waals surface area contributed by atoms with Crippen molar-refractivity contribution in [2.24, 2.45) is 10.7 Å². The highest BCUT2D eigenvalue weighted by Crippen LogP contribution is 2.27. The SMILES string of the molecule is NC(=NCC(O)c1ccc(Cl)s1)N1CCN(c2ccc(Cl)cc2)CC1. The number of hydrogen-bond donors (Lipinski definition) is 2. The first-order valence-electron chi connectivity index (χ1n) is 8.01. The van der Waals surface area contributed by atoms with Crippen LogP contribution in [-0.2, 0) is 0 Å². The molecule has 0 spiro atoms. The van der Waals surface area contributed by atoms with Gasteiger partial charge in [0.25, 0.3) is 0 Å². The fourth-order valence-electron chi connectivity index (χ4n) is 2.72. The molecular formula is C17H20Cl2N4OS. The van der Waals surface area contributed by atoms with Crippen LogP contribution in [0.25, 0.3) is 0 Å². The smallest absolute Gasteiger partial charge is 0.191 e. The number of benzene rings is 1. The van der Waals surface area contributed by atoms with E-state index < -0.39 is 6.10 Å². The Morgan fingerprint density at radius 3 is 2.40 bits per heavy atom. The zero-order valence-corrected chi connectivity index (χ0v) is 15.9. The zero-order valence-electron chi connectivity index (χ0n) is 13.6. The van der Waals surface area contributed by atoms with Gasteiger partial charge in [0, 0.05) is 41.8 Å². The molecule has 0 amide bonds. The molecule has 1 aliphatic rings. The van der Waals surface area contributed by atoms with Crippen LogP contribution in [0.1, 0.15) is 11.0 Å². The molecule has 2 heterocycles. The lowest BCUT2D eigenvalue weighted by molar-refractivity contribution is 0.190. The number of halogens is 2. The van der Waals surface area contributed by atoms with Crippen LogP contribution in [0.4, 0.5) is 5.69 Å². The van der Waals surface area contributed by atoms with Crippen LogP contribution in [0.3, 0.4) is 0 Å². The molecule has 1 fully saturated rings. The summed E-state index contributed by atoms with van der Waals surface area (Å²) >= 11 is 13.2. The topological polar surface area (TPSA) is 65.1 Å². The first-order valence-corrected chi connectivity index (χ1v) is 9.59. The second-order valence-corrected chi connectivity index (χ2v) is 7.99.